The highest BCUT2D eigenvalue weighted by atomic mass is 32.2. The van der Waals surface area contributed by atoms with Crippen molar-refractivity contribution in [3.63, 3.8) is 0 Å². The molecule has 2 heterocycles. The van der Waals surface area contributed by atoms with Gasteiger partial charge >= 0.3 is 0 Å². The quantitative estimate of drug-likeness (QED) is 0.0565. The Bertz CT molecular complexity index is 2200. The minimum atomic E-state index is -4.35. The van der Waals surface area contributed by atoms with Gasteiger partial charge in [-0.15, -0.1) is 25.3 Å². The first-order valence-corrected chi connectivity index (χ1v) is 22.4. The Morgan fingerprint density at radius 1 is 0.855 bits per heavy atom. The highest BCUT2D eigenvalue weighted by Gasteiger charge is 2.44. The van der Waals surface area contributed by atoms with Crippen LogP contribution < -0.4 is 9.64 Å². The second kappa shape index (κ2) is 17.1. The topological polar surface area (TPSA) is 69.8 Å². The first-order valence-electron chi connectivity index (χ1n) is 19.5. The van der Waals surface area contributed by atoms with Gasteiger partial charge in [0.2, 0.25) is 5.69 Å². The smallest absolute Gasteiger partial charge is 0.294 e. The van der Waals surface area contributed by atoms with Crippen molar-refractivity contribution in [2.24, 2.45) is 0 Å². The van der Waals surface area contributed by atoms with Gasteiger partial charge in [-0.2, -0.15) is 25.6 Å². The maximum atomic E-state index is 12.2. The zero-order chi connectivity index (χ0) is 39.5. The van der Waals surface area contributed by atoms with Gasteiger partial charge in [0.05, 0.1) is 10.3 Å². The molecule has 6 nitrogen and oxygen atoms in total. The van der Waals surface area contributed by atoms with Crippen LogP contribution in [0.2, 0.25) is 0 Å². The Hall–Kier alpha value is -3.15. The van der Waals surface area contributed by atoms with Crippen LogP contribution >= 0.6 is 37.9 Å². The lowest BCUT2D eigenvalue weighted by Crippen LogP contribution is -2.28. The molecule has 0 saturated heterocycles. The maximum absolute atomic E-state index is 12.2. The first-order chi connectivity index (χ1) is 26.2. The molecule has 55 heavy (non-hydrogen) atoms. The monoisotopic (exact) mass is 815 g/mol. The number of hydrogen-bond donors (Lipinski definition) is 4. The van der Waals surface area contributed by atoms with Crippen LogP contribution in [0.5, 0.6) is 5.75 Å². The van der Waals surface area contributed by atoms with E-state index in [9.17, 15) is 13.0 Å². The van der Waals surface area contributed by atoms with Crippen LogP contribution in [0, 0.1) is 0 Å². The Balaban J connectivity index is 1.46. The lowest BCUT2D eigenvalue weighted by atomic mass is 9.81. The summed E-state index contributed by atoms with van der Waals surface area (Å²) in [5, 5.41) is 0. The van der Waals surface area contributed by atoms with E-state index in [-0.39, 0.29) is 10.3 Å². The Labute approximate surface area is 345 Å². The zero-order valence-corrected chi connectivity index (χ0v) is 36.2. The van der Waals surface area contributed by atoms with Crippen molar-refractivity contribution in [1.29, 1.82) is 0 Å². The molecule has 0 aromatic heterocycles. The van der Waals surface area contributed by atoms with E-state index in [0.717, 1.165) is 107 Å². The summed E-state index contributed by atoms with van der Waals surface area (Å²) in [6, 6.07) is 19.3. The molecule has 0 saturated carbocycles. The molecule has 3 aliphatic rings. The molecular formula is C45H55N2O4S4+. The van der Waals surface area contributed by atoms with E-state index >= 15 is 0 Å². The molecule has 0 atom stereocenters. The molecule has 3 aromatic carbocycles. The van der Waals surface area contributed by atoms with E-state index in [1.54, 1.807) is 6.07 Å². The SMILES string of the molecule is CCCCC[N+]1=C(/C=C/C2=C(Oc3ccc(S)cc3)C(=C/C=C3/N(CCCCS)c4ccc(S(=O)(=O)O)cc4C3(C)C)/CCC2)C(C)(C)c2cc(S)ccc21. The number of rotatable bonds is 14. The number of unbranched alkanes of at least 4 members (excludes halogenated alkanes) is 3. The van der Waals surface area contributed by atoms with Crippen molar-refractivity contribution >= 4 is 65.1 Å². The molecule has 0 amide bonds. The molecule has 0 radical (unpaired) electrons. The summed E-state index contributed by atoms with van der Waals surface area (Å²) in [6.07, 6.45) is 17.0. The van der Waals surface area contributed by atoms with Crippen molar-refractivity contribution in [2.45, 2.75) is 112 Å². The van der Waals surface area contributed by atoms with Crippen LogP contribution in [0.25, 0.3) is 0 Å². The summed E-state index contributed by atoms with van der Waals surface area (Å²) in [5.74, 6) is 2.40. The van der Waals surface area contributed by atoms with E-state index < -0.39 is 15.5 Å². The Morgan fingerprint density at radius 2 is 1.60 bits per heavy atom. The third kappa shape index (κ3) is 8.89. The summed E-state index contributed by atoms with van der Waals surface area (Å²) in [4.78, 5) is 4.05. The van der Waals surface area contributed by atoms with E-state index in [1.165, 1.54) is 35.9 Å². The van der Waals surface area contributed by atoms with Gasteiger partial charge in [0.25, 0.3) is 10.1 Å². The molecule has 1 aliphatic carbocycles. The van der Waals surface area contributed by atoms with Gasteiger partial charge in [-0.25, -0.2) is 0 Å². The van der Waals surface area contributed by atoms with Crippen molar-refractivity contribution in [3.05, 3.63) is 119 Å². The summed E-state index contributed by atoms with van der Waals surface area (Å²) in [7, 11) is -4.35. The third-order valence-corrected chi connectivity index (χ3v) is 13.0. The number of ether oxygens (including phenoxy) is 1. The van der Waals surface area contributed by atoms with E-state index in [0.29, 0.717) is 0 Å². The van der Waals surface area contributed by atoms with Gasteiger partial charge in [-0.05, 0) is 142 Å². The largest absolute Gasteiger partial charge is 0.457 e. The second-order valence-corrected chi connectivity index (χ2v) is 18.7. The average Bonchev–Trinajstić information content (AvgIpc) is 3.48. The van der Waals surface area contributed by atoms with Gasteiger partial charge < -0.3 is 9.64 Å². The van der Waals surface area contributed by atoms with Crippen molar-refractivity contribution in [2.75, 3.05) is 23.7 Å². The van der Waals surface area contributed by atoms with Crippen LogP contribution in [0.1, 0.15) is 97.1 Å². The van der Waals surface area contributed by atoms with Gasteiger partial charge in [-0.3, -0.25) is 4.55 Å². The minimum Gasteiger partial charge on any atom is -0.457 e. The van der Waals surface area contributed by atoms with Crippen molar-refractivity contribution < 1.29 is 22.3 Å². The molecule has 0 bridgehead atoms. The van der Waals surface area contributed by atoms with Crippen LogP contribution in [0.15, 0.2) is 122 Å². The molecule has 6 rings (SSSR count). The second-order valence-electron chi connectivity index (χ2n) is 15.8. The molecule has 2 aliphatic heterocycles. The molecule has 0 fully saturated rings. The van der Waals surface area contributed by atoms with E-state index in [4.69, 9.17) is 17.4 Å². The number of fused-ring (bicyclic) bond motifs is 2. The number of allylic oxidation sites excluding steroid dienone is 7. The lowest BCUT2D eigenvalue weighted by Gasteiger charge is -2.27. The number of anilines is 1. The fourth-order valence-corrected chi connectivity index (χ4v) is 9.29. The Morgan fingerprint density at radius 3 is 2.31 bits per heavy atom. The molecule has 0 spiro atoms. The third-order valence-electron chi connectivity index (χ3n) is 11.2. The predicted octanol–water partition coefficient (Wildman–Crippen LogP) is 11.5. The average molecular weight is 816 g/mol. The fraction of sp³-hybridized carbons (Fsp3) is 0.400. The summed E-state index contributed by atoms with van der Waals surface area (Å²) >= 11 is 13.7. The summed E-state index contributed by atoms with van der Waals surface area (Å²) < 4.78 is 43.6. The van der Waals surface area contributed by atoms with Crippen LogP contribution in [-0.4, -0.2) is 42.1 Å². The predicted molar refractivity (Wildman–Crippen MR) is 236 cm³/mol. The first kappa shape index (κ1) is 41.5. The summed E-state index contributed by atoms with van der Waals surface area (Å²) in [5.41, 5.74) is 8.25. The molecule has 292 valence electrons. The molecule has 10 heteroatoms. The van der Waals surface area contributed by atoms with Gasteiger partial charge in [-0.1, -0.05) is 33.3 Å². The molecule has 0 unspecified atom stereocenters. The van der Waals surface area contributed by atoms with Crippen LogP contribution in [0.3, 0.4) is 0 Å². The van der Waals surface area contributed by atoms with Crippen molar-refractivity contribution in [1.82, 2.24) is 0 Å². The number of thiol groups is 3. The minimum absolute atomic E-state index is 0.0924. The normalized spacial score (nSPS) is 19.3. The number of nitrogens with zero attached hydrogens (tertiary/aromatic N) is 2. The van der Waals surface area contributed by atoms with Gasteiger partial charge in [0, 0.05) is 57.3 Å². The van der Waals surface area contributed by atoms with E-state index in [1.807, 2.05) is 30.3 Å². The van der Waals surface area contributed by atoms with Crippen LogP contribution in [0.4, 0.5) is 11.4 Å². The standard InChI is InChI=1S/C45H54N2O4S4/c1-6-7-8-26-46-39-22-20-35(54)29-37(39)44(2,3)41(46)24-14-31-12-11-13-32(43(31)51-33-16-18-34(53)19-17-33)15-25-42-45(4,5)38-30-36(55(48,49)50)21-23-40(38)47(42)27-9-10-28-52/h14-25,29-30H,6-13,26-28H2,1-5H3,(H3-,48,49,50,52,53,54)/p+1. The molecular weight excluding hydrogens is 761 g/mol. The van der Waals surface area contributed by atoms with E-state index in [2.05, 4.69) is 112 Å². The van der Waals surface area contributed by atoms with Crippen molar-refractivity contribution in [3.8, 4) is 5.75 Å². The van der Waals surface area contributed by atoms with Crippen LogP contribution in [-0.2, 0) is 20.9 Å². The highest BCUT2D eigenvalue weighted by molar-refractivity contribution is 7.85. The summed E-state index contributed by atoms with van der Waals surface area (Å²) in [6.45, 7) is 12.8. The molecule has 1 N–H and O–H groups in total. The Kier molecular flexibility index (Phi) is 12.9. The number of hydrogen-bond acceptors (Lipinski definition) is 7. The zero-order valence-electron chi connectivity index (χ0n) is 32.7. The number of benzene rings is 3. The van der Waals surface area contributed by atoms with Gasteiger partial charge in [0.1, 0.15) is 18.1 Å². The highest BCUT2D eigenvalue weighted by Crippen LogP contribution is 2.49. The fourth-order valence-electron chi connectivity index (χ4n) is 8.20. The lowest BCUT2D eigenvalue weighted by molar-refractivity contribution is -0.438. The maximum Gasteiger partial charge on any atom is 0.294 e. The molecule has 3 aromatic rings. The van der Waals surface area contributed by atoms with Gasteiger partial charge in [0.15, 0.2) is 5.71 Å².